The van der Waals surface area contributed by atoms with Crippen LogP contribution in [0.2, 0.25) is 0 Å². The van der Waals surface area contributed by atoms with Gasteiger partial charge in [-0.05, 0) is 38.8 Å². The van der Waals surface area contributed by atoms with E-state index in [0.29, 0.717) is 0 Å². The van der Waals surface area contributed by atoms with E-state index in [-0.39, 0.29) is 0 Å². The van der Waals surface area contributed by atoms with Crippen molar-refractivity contribution in [1.82, 2.24) is 4.98 Å². The smallest absolute Gasteiger partial charge is 0.111 e. The van der Waals surface area contributed by atoms with Gasteiger partial charge in [-0.25, -0.2) is 4.98 Å². The molecule has 0 saturated heterocycles. The maximum atomic E-state index is 5.67. The van der Waals surface area contributed by atoms with Crippen molar-refractivity contribution in [3.63, 3.8) is 0 Å². The summed E-state index contributed by atoms with van der Waals surface area (Å²) in [4.78, 5) is 4.03. The fourth-order valence-electron chi connectivity index (χ4n) is 0.570. The predicted molar refractivity (Wildman–Crippen MR) is 48.8 cm³/mol. The zero-order chi connectivity index (χ0) is 7.72. The molecule has 1 heterocycles. The van der Waals surface area contributed by atoms with Gasteiger partial charge in [-0.15, -0.1) is 0 Å². The summed E-state index contributed by atoms with van der Waals surface area (Å²) in [7, 11) is 0. The van der Waals surface area contributed by atoms with Crippen LogP contribution in [0.4, 0.5) is 5.69 Å². The Balaban J connectivity index is 3.34. The summed E-state index contributed by atoms with van der Waals surface area (Å²) in [5.41, 5.74) is 7.37. The first kappa shape index (κ1) is 8.01. The molecule has 0 aliphatic heterocycles. The molecule has 4 heteroatoms. The van der Waals surface area contributed by atoms with E-state index >= 15 is 0 Å². The third-order valence-electron chi connectivity index (χ3n) is 1.26. The highest BCUT2D eigenvalue weighted by molar-refractivity contribution is 9.11. The van der Waals surface area contributed by atoms with Crippen LogP contribution in [0, 0.1) is 6.92 Å². The summed E-state index contributed by atoms with van der Waals surface area (Å²) < 4.78 is 1.64. The molecule has 0 unspecified atom stereocenters. The number of aromatic nitrogens is 1. The van der Waals surface area contributed by atoms with Crippen LogP contribution in [0.3, 0.4) is 0 Å². The Labute approximate surface area is 76.1 Å². The average Bonchev–Trinajstić information content (AvgIpc) is 1.93. The Morgan fingerprint density at radius 1 is 1.50 bits per heavy atom. The lowest BCUT2D eigenvalue weighted by atomic mass is 10.3. The summed E-state index contributed by atoms with van der Waals surface area (Å²) >= 11 is 6.54. The lowest BCUT2D eigenvalue weighted by molar-refractivity contribution is 1.21. The number of nitrogens with two attached hydrogens (primary N) is 1. The Bertz CT molecular complexity index is 233. The van der Waals surface area contributed by atoms with E-state index in [1.54, 1.807) is 6.20 Å². The standard InChI is InChI=1S/C6H6Br2N2/c1-3-5(9)4(7)2-10-6(3)8/h2H,1H3,(H2,9,10). The lowest BCUT2D eigenvalue weighted by Crippen LogP contribution is -1.93. The quantitative estimate of drug-likeness (QED) is 0.732. The van der Waals surface area contributed by atoms with E-state index < -0.39 is 0 Å². The summed E-state index contributed by atoms with van der Waals surface area (Å²) in [5, 5.41) is 0. The molecular weight excluding hydrogens is 260 g/mol. The maximum Gasteiger partial charge on any atom is 0.111 e. The Hall–Kier alpha value is -0.0900. The molecule has 1 aromatic rings. The van der Waals surface area contributed by atoms with E-state index in [9.17, 15) is 0 Å². The molecule has 1 aromatic heterocycles. The first-order valence-corrected chi connectivity index (χ1v) is 4.27. The maximum absolute atomic E-state index is 5.67. The van der Waals surface area contributed by atoms with Crippen LogP contribution in [0.1, 0.15) is 5.56 Å². The summed E-state index contributed by atoms with van der Waals surface area (Å²) in [5.74, 6) is 0. The van der Waals surface area contributed by atoms with E-state index in [2.05, 4.69) is 36.8 Å². The summed E-state index contributed by atoms with van der Waals surface area (Å²) in [6.07, 6.45) is 1.67. The monoisotopic (exact) mass is 264 g/mol. The minimum Gasteiger partial charge on any atom is -0.397 e. The van der Waals surface area contributed by atoms with Gasteiger partial charge in [0.15, 0.2) is 0 Å². The number of anilines is 1. The van der Waals surface area contributed by atoms with Gasteiger partial charge in [0.1, 0.15) is 4.60 Å². The second kappa shape index (κ2) is 2.88. The molecule has 0 saturated carbocycles. The first-order chi connectivity index (χ1) is 4.63. The number of halogens is 2. The van der Waals surface area contributed by atoms with Gasteiger partial charge in [0.05, 0.1) is 10.2 Å². The van der Waals surface area contributed by atoms with Crippen molar-refractivity contribution in [2.24, 2.45) is 0 Å². The number of nitrogens with zero attached hydrogens (tertiary/aromatic N) is 1. The molecule has 0 radical (unpaired) electrons. The number of rotatable bonds is 0. The highest BCUT2D eigenvalue weighted by Gasteiger charge is 2.02. The summed E-state index contributed by atoms with van der Waals surface area (Å²) in [6, 6.07) is 0. The molecule has 0 atom stereocenters. The fourth-order valence-corrected chi connectivity index (χ4v) is 1.29. The van der Waals surface area contributed by atoms with Gasteiger partial charge < -0.3 is 5.73 Å². The van der Waals surface area contributed by atoms with Crippen LogP contribution in [-0.4, -0.2) is 4.98 Å². The average molecular weight is 266 g/mol. The van der Waals surface area contributed by atoms with Crippen LogP contribution in [0.25, 0.3) is 0 Å². The van der Waals surface area contributed by atoms with Gasteiger partial charge >= 0.3 is 0 Å². The SMILES string of the molecule is Cc1c(Br)ncc(Br)c1N. The van der Waals surface area contributed by atoms with Crippen molar-refractivity contribution in [3.8, 4) is 0 Å². The van der Waals surface area contributed by atoms with Gasteiger partial charge in [-0.2, -0.15) is 0 Å². The molecule has 0 aliphatic rings. The predicted octanol–water partition coefficient (Wildman–Crippen LogP) is 2.50. The molecule has 2 nitrogen and oxygen atoms in total. The van der Waals surface area contributed by atoms with Gasteiger partial charge in [0, 0.05) is 11.8 Å². The van der Waals surface area contributed by atoms with Gasteiger partial charge in [-0.1, -0.05) is 0 Å². The number of hydrogen-bond donors (Lipinski definition) is 1. The van der Waals surface area contributed by atoms with Crippen LogP contribution in [0.15, 0.2) is 15.3 Å². The first-order valence-electron chi connectivity index (χ1n) is 2.69. The fraction of sp³-hybridized carbons (Fsp3) is 0.167. The van der Waals surface area contributed by atoms with Gasteiger partial charge in [-0.3, -0.25) is 0 Å². The molecule has 0 amide bonds. The third kappa shape index (κ3) is 1.32. The van der Waals surface area contributed by atoms with E-state index in [0.717, 1.165) is 20.3 Å². The van der Waals surface area contributed by atoms with Crippen molar-refractivity contribution < 1.29 is 0 Å². The normalized spacial score (nSPS) is 9.90. The number of nitrogen functional groups attached to an aromatic ring is 1. The molecule has 0 bridgehead atoms. The van der Waals surface area contributed by atoms with Gasteiger partial charge in [0.2, 0.25) is 0 Å². The topological polar surface area (TPSA) is 38.9 Å². The molecule has 0 fully saturated rings. The largest absolute Gasteiger partial charge is 0.397 e. The minimum atomic E-state index is 0.738. The van der Waals surface area contributed by atoms with Crippen LogP contribution >= 0.6 is 31.9 Å². The molecule has 10 heavy (non-hydrogen) atoms. The lowest BCUT2D eigenvalue weighted by Gasteiger charge is -2.02. The van der Waals surface area contributed by atoms with Crippen molar-refractivity contribution in [1.29, 1.82) is 0 Å². The Morgan fingerprint density at radius 3 is 2.60 bits per heavy atom. The van der Waals surface area contributed by atoms with Crippen LogP contribution < -0.4 is 5.73 Å². The van der Waals surface area contributed by atoms with Crippen molar-refractivity contribution in [2.75, 3.05) is 5.73 Å². The minimum absolute atomic E-state index is 0.738. The highest BCUT2D eigenvalue weighted by Crippen LogP contribution is 2.26. The second-order valence-electron chi connectivity index (χ2n) is 1.94. The van der Waals surface area contributed by atoms with Crippen molar-refractivity contribution in [3.05, 3.63) is 20.8 Å². The van der Waals surface area contributed by atoms with Crippen molar-refractivity contribution in [2.45, 2.75) is 6.92 Å². The summed E-state index contributed by atoms with van der Waals surface area (Å²) in [6.45, 7) is 1.91. The van der Waals surface area contributed by atoms with Crippen LogP contribution in [0.5, 0.6) is 0 Å². The molecule has 54 valence electrons. The van der Waals surface area contributed by atoms with Gasteiger partial charge in [0.25, 0.3) is 0 Å². The zero-order valence-electron chi connectivity index (χ0n) is 5.36. The molecule has 0 spiro atoms. The second-order valence-corrected chi connectivity index (χ2v) is 3.54. The Morgan fingerprint density at radius 2 is 2.10 bits per heavy atom. The molecule has 0 aliphatic carbocycles. The highest BCUT2D eigenvalue weighted by atomic mass is 79.9. The molecule has 0 aromatic carbocycles. The van der Waals surface area contributed by atoms with E-state index in [1.807, 2.05) is 6.92 Å². The van der Waals surface area contributed by atoms with E-state index in [4.69, 9.17) is 5.73 Å². The molecule has 2 N–H and O–H groups in total. The zero-order valence-corrected chi connectivity index (χ0v) is 8.53. The molecule has 1 rings (SSSR count). The molecular formula is C6H6Br2N2. The Kier molecular flexibility index (Phi) is 2.31. The third-order valence-corrected chi connectivity index (χ3v) is 2.69. The van der Waals surface area contributed by atoms with Crippen molar-refractivity contribution >= 4 is 37.5 Å². The number of pyridine rings is 1. The van der Waals surface area contributed by atoms with Crippen LogP contribution in [-0.2, 0) is 0 Å². The number of hydrogen-bond acceptors (Lipinski definition) is 2. The van der Waals surface area contributed by atoms with E-state index in [1.165, 1.54) is 0 Å².